The summed E-state index contributed by atoms with van der Waals surface area (Å²) in [4.78, 5) is 14.7. The maximum Gasteiger partial charge on any atom is 0.230 e. The van der Waals surface area contributed by atoms with Crippen LogP contribution in [0.5, 0.6) is 5.75 Å². The molecule has 0 spiro atoms. The number of aryl methyl sites for hydroxylation is 1. The van der Waals surface area contributed by atoms with E-state index in [4.69, 9.17) is 4.74 Å². The molecule has 0 saturated carbocycles. The van der Waals surface area contributed by atoms with Gasteiger partial charge in [-0.2, -0.15) is 0 Å². The molecule has 0 bridgehead atoms. The number of benzene rings is 1. The zero-order valence-corrected chi connectivity index (χ0v) is 12.2. The first-order chi connectivity index (χ1) is 9.65. The molecule has 2 aliphatic heterocycles. The SMILES string of the molecule is Cc1ccc2c(c1)OCCN2C(=O)[C@H]1CCN[C@@H](C)C1. The Kier molecular flexibility index (Phi) is 3.66. The highest BCUT2D eigenvalue weighted by Gasteiger charge is 2.31. The molecule has 1 fully saturated rings. The summed E-state index contributed by atoms with van der Waals surface area (Å²) < 4.78 is 5.69. The van der Waals surface area contributed by atoms with Crippen LogP contribution in [0.15, 0.2) is 18.2 Å². The number of carbonyl (C=O) groups excluding carboxylic acids is 1. The van der Waals surface area contributed by atoms with Crippen LogP contribution in [0.1, 0.15) is 25.3 Å². The van der Waals surface area contributed by atoms with Gasteiger partial charge in [-0.15, -0.1) is 0 Å². The fraction of sp³-hybridized carbons (Fsp3) is 0.562. The smallest absolute Gasteiger partial charge is 0.230 e. The Bertz CT molecular complexity index is 515. The minimum Gasteiger partial charge on any atom is -0.490 e. The quantitative estimate of drug-likeness (QED) is 0.853. The Balaban J connectivity index is 1.83. The van der Waals surface area contributed by atoms with Gasteiger partial charge in [0.2, 0.25) is 5.91 Å². The second kappa shape index (κ2) is 5.44. The van der Waals surface area contributed by atoms with Gasteiger partial charge in [0.25, 0.3) is 0 Å². The van der Waals surface area contributed by atoms with Gasteiger partial charge in [-0.25, -0.2) is 0 Å². The van der Waals surface area contributed by atoms with Crippen molar-refractivity contribution in [2.45, 2.75) is 32.7 Å². The fourth-order valence-electron chi connectivity index (χ4n) is 3.13. The number of nitrogens with one attached hydrogen (secondary N) is 1. The first-order valence-corrected chi connectivity index (χ1v) is 7.43. The van der Waals surface area contributed by atoms with Gasteiger partial charge in [0.15, 0.2) is 0 Å². The summed E-state index contributed by atoms with van der Waals surface area (Å²) in [7, 11) is 0. The average molecular weight is 274 g/mol. The van der Waals surface area contributed by atoms with E-state index >= 15 is 0 Å². The number of fused-ring (bicyclic) bond motifs is 1. The monoisotopic (exact) mass is 274 g/mol. The molecule has 2 atom stereocenters. The van der Waals surface area contributed by atoms with Crippen LogP contribution in [-0.4, -0.2) is 31.6 Å². The molecular formula is C16H22N2O2. The number of carbonyl (C=O) groups is 1. The molecule has 0 aromatic heterocycles. The van der Waals surface area contributed by atoms with E-state index in [-0.39, 0.29) is 11.8 Å². The van der Waals surface area contributed by atoms with Crippen LogP contribution < -0.4 is 15.0 Å². The predicted molar refractivity (Wildman–Crippen MR) is 79.2 cm³/mol. The number of piperidine rings is 1. The van der Waals surface area contributed by atoms with Gasteiger partial charge in [-0.05, 0) is 50.9 Å². The minimum absolute atomic E-state index is 0.138. The van der Waals surface area contributed by atoms with E-state index in [0.717, 1.165) is 36.4 Å². The molecule has 2 aliphatic rings. The number of ether oxygens (including phenoxy) is 1. The van der Waals surface area contributed by atoms with Gasteiger partial charge >= 0.3 is 0 Å². The van der Waals surface area contributed by atoms with Crippen molar-refractivity contribution in [3.05, 3.63) is 23.8 Å². The van der Waals surface area contributed by atoms with E-state index in [0.29, 0.717) is 19.2 Å². The van der Waals surface area contributed by atoms with Gasteiger partial charge in [0.05, 0.1) is 12.2 Å². The summed E-state index contributed by atoms with van der Waals surface area (Å²) in [5, 5.41) is 3.40. The minimum atomic E-state index is 0.138. The van der Waals surface area contributed by atoms with E-state index in [1.165, 1.54) is 0 Å². The molecule has 2 heterocycles. The highest BCUT2D eigenvalue weighted by molar-refractivity contribution is 5.97. The second-order valence-electron chi connectivity index (χ2n) is 5.89. The summed E-state index contributed by atoms with van der Waals surface area (Å²) in [5.41, 5.74) is 2.09. The van der Waals surface area contributed by atoms with Crippen LogP contribution in [0.25, 0.3) is 0 Å². The maximum atomic E-state index is 12.8. The van der Waals surface area contributed by atoms with Crippen molar-refractivity contribution in [2.75, 3.05) is 24.6 Å². The highest BCUT2D eigenvalue weighted by atomic mass is 16.5. The van der Waals surface area contributed by atoms with Gasteiger partial charge in [0.1, 0.15) is 12.4 Å². The van der Waals surface area contributed by atoms with Crippen molar-refractivity contribution in [2.24, 2.45) is 5.92 Å². The van der Waals surface area contributed by atoms with Crippen LogP contribution in [-0.2, 0) is 4.79 Å². The summed E-state index contributed by atoms with van der Waals surface area (Å²) >= 11 is 0. The van der Waals surface area contributed by atoms with Crippen molar-refractivity contribution in [3.8, 4) is 5.75 Å². The molecule has 108 valence electrons. The molecule has 1 amide bonds. The third-order valence-electron chi connectivity index (χ3n) is 4.22. The van der Waals surface area contributed by atoms with Gasteiger partial charge < -0.3 is 15.0 Å². The summed E-state index contributed by atoms with van der Waals surface area (Å²) in [6, 6.07) is 6.49. The number of anilines is 1. The Morgan fingerprint density at radius 2 is 2.30 bits per heavy atom. The largest absolute Gasteiger partial charge is 0.490 e. The molecular weight excluding hydrogens is 252 g/mol. The van der Waals surface area contributed by atoms with Crippen LogP contribution >= 0.6 is 0 Å². The number of hydrogen-bond donors (Lipinski definition) is 1. The van der Waals surface area contributed by atoms with Crippen LogP contribution in [0.4, 0.5) is 5.69 Å². The van der Waals surface area contributed by atoms with E-state index in [9.17, 15) is 4.79 Å². The fourth-order valence-corrected chi connectivity index (χ4v) is 3.13. The Morgan fingerprint density at radius 1 is 1.45 bits per heavy atom. The highest BCUT2D eigenvalue weighted by Crippen LogP contribution is 2.34. The van der Waals surface area contributed by atoms with Gasteiger partial charge in [-0.3, -0.25) is 4.79 Å². The molecule has 3 rings (SSSR count). The topological polar surface area (TPSA) is 41.6 Å². The average Bonchev–Trinajstić information content (AvgIpc) is 2.45. The van der Waals surface area contributed by atoms with Gasteiger partial charge in [-0.1, -0.05) is 6.07 Å². The number of amides is 1. The molecule has 1 N–H and O–H groups in total. The summed E-state index contributed by atoms with van der Waals surface area (Å²) in [6.07, 6.45) is 1.86. The van der Waals surface area contributed by atoms with Crippen LogP contribution in [0.2, 0.25) is 0 Å². The molecule has 1 saturated heterocycles. The van der Waals surface area contributed by atoms with Crippen molar-refractivity contribution >= 4 is 11.6 Å². The first-order valence-electron chi connectivity index (χ1n) is 7.43. The number of rotatable bonds is 1. The Morgan fingerprint density at radius 3 is 3.10 bits per heavy atom. The normalized spacial score (nSPS) is 25.8. The Hall–Kier alpha value is -1.55. The Labute approximate surface area is 120 Å². The first kappa shape index (κ1) is 13.4. The lowest BCUT2D eigenvalue weighted by Crippen LogP contribution is -2.46. The molecule has 0 aliphatic carbocycles. The van der Waals surface area contributed by atoms with Crippen LogP contribution in [0.3, 0.4) is 0 Å². The maximum absolute atomic E-state index is 12.8. The second-order valence-corrected chi connectivity index (χ2v) is 5.89. The van der Waals surface area contributed by atoms with Crippen molar-refractivity contribution in [3.63, 3.8) is 0 Å². The van der Waals surface area contributed by atoms with Crippen molar-refractivity contribution in [1.82, 2.24) is 5.32 Å². The lowest BCUT2D eigenvalue weighted by atomic mass is 9.91. The van der Waals surface area contributed by atoms with E-state index < -0.39 is 0 Å². The third kappa shape index (κ3) is 2.52. The molecule has 1 aromatic carbocycles. The molecule has 0 unspecified atom stereocenters. The van der Waals surface area contributed by atoms with E-state index in [2.05, 4.69) is 12.2 Å². The molecule has 4 heteroatoms. The molecule has 1 aromatic rings. The zero-order valence-electron chi connectivity index (χ0n) is 12.2. The lowest BCUT2D eigenvalue weighted by molar-refractivity contribution is -0.123. The number of hydrogen-bond acceptors (Lipinski definition) is 3. The van der Waals surface area contributed by atoms with Gasteiger partial charge in [0, 0.05) is 12.0 Å². The predicted octanol–water partition coefficient (Wildman–Crippen LogP) is 2.11. The van der Waals surface area contributed by atoms with Crippen molar-refractivity contribution in [1.29, 1.82) is 0 Å². The zero-order chi connectivity index (χ0) is 14.1. The van der Waals surface area contributed by atoms with Crippen LogP contribution in [0, 0.1) is 12.8 Å². The third-order valence-corrected chi connectivity index (χ3v) is 4.22. The lowest BCUT2D eigenvalue weighted by Gasteiger charge is -2.35. The molecule has 4 nitrogen and oxygen atoms in total. The van der Waals surface area contributed by atoms with Crippen molar-refractivity contribution < 1.29 is 9.53 Å². The summed E-state index contributed by atoms with van der Waals surface area (Å²) in [6.45, 7) is 6.37. The van der Waals surface area contributed by atoms with E-state index in [1.807, 2.05) is 30.0 Å². The standard InChI is InChI=1S/C16H22N2O2/c1-11-3-4-14-15(9-11)20-8-7-18(14)16(19)13-5-6-17-12(2)10-13/h3-4,9,12-13,17H,5-8,10H2,1-2H3/t12-,13-/m0/s1. The molecule has 0 radical (unpaired) electrons. The molecule has 20 heavy (non-hydrogen) atoms. The number of nitrogens with zero attached hydrogens (tertiary/aromatic N) is 1. The van der Waals surface area contributed by atoms with E-state index in [1.54, 1.807) is 0 Å². The summed E-state index contributed by atoms with van der Waals surface area (Å²) in [5.74, 6) is 1.23.